The summed E-state index contributed by atoms with van der Waals surface area (Å²) in [6.07, 6.45) is 6.88. The topological polar surface area (TPSA) is 132 Å². The van der Waals surface area contributed by atoms with Gasteiger partial charge in [0.05, 0.1) is 22.3 Å². The van der Waals surface area contributed by atoms with E-state index < -0.39 is 23.7 Å². The van der Waals surface area contributed by atoms with Crippen molar-refractivity contribution in [2.75, 3.05) is 5.32 Å². The molecule has 3 N–H and O–H groups in total. The van der Waals surface area contributed by atoms with Gasteiger partial charge in [0.25, 0.3) is 0 Å². The summed E-state index contributed by atoms with van der Waals surface area (Å²) in [5.41, 5.74) is 4.11. The Morgan fingerprint density at radius 1 is 0.927 bits per heavy atom. The lowest BCUT2D eigenvalue weighted by molar-refractivity contribution is -0.117. The van der Waals surface area contributed by atoms with Crippen molar-refractivity contribution in [3.63, 3.8) is 0 Å². The Morgan fingerprint density at radius 2 is 1.62 bits per heavy atom. The molecule has 1 heterocycles. The van der Waals surface area contributed by atoms with Crippen molar-refractivity contribution in [3.05, 3.63) is 141 Å². The third-order valence-corrected chi connectivity index (χ3v) is 8.90. The fraction of sp³-hybridized carbons (Fsp3) is 0.256. The van der Waals surface area contributed by atoms with Crippen molar-refractivity contribution < 1.29 is 29.0 Å². The number of hydrogen-bond donors (Lipinski definition) is 3. The maximum absolute atomic E-state index is 13.6. The molecule has 0 bridgehead atoms. The summed E-state index contributed by atoms with van der Waals surface area (Å²) in [6, 6.07) is 26.0. The van der Waals surface area contributed by atoms with Crippen LogP contribution in [0.3, 0.4) is 0 Å². The Labute approximate surface area is 331 Å². The van der Waals surface area contributed by atoms with Crippen LogP contribution in [0.4, 0.5) is 10.5 Å². The van der Waals surface area contributed by atoms with E-state index >= 15 is 0 Å². The number of carboxylic acid groups (broad SMARTS) is 1. The van der Waals surface area contributed by atoms with E-state index in [0.29, 0.717) is 46.0 Å². The molecule has 5 aromatic rings. The summed E-state index contributed by atoms with van der Waals surface area (Å²) < 4.78 is 13.4. The van der Waals surface area contributed by atoms with Gasteiger partial charge in [-0.15, -0.1) is 0 Å². The van der Waals surface area contributed by atoms with E-state index in [4.69, 9.17) is 42.8 Å². The molecule has 55 heavy (non-hydrogen) atoms. The minimum Gasteiger partial charge on any atom is -0.489 e. The van der Waals surface area contributed by atoms with Crippen LogP contribution in [0.1, 0.15) is 79.5 Å². The number of aryl methyl sites for hydroxylation is 1. The van der Waals surface area contributed by atoms with Crippen LogP contribution in [0, 0.1) is 0 Å². The third kappa shape index (κ3) is 12.2. The number of carbonyl (C=O) groups is 3. The van der Waals surface area contributed by atoms with E-state index in [-0.39, 0.29) is 18.1 Å². The Kier molecular flexibility index (Phi) is 13.8. The second-order valence-electron chi connectivity index (χ2n) is 13.9. The smallest absolute Gasteiger partial charge is 0.412 e. The van der Waals surface area contributed by atoms with Gasteiger partial charge in [0.2, 0.25) is 5.91 Å². The van der Waals surface area contributed by atoms with Gasteiger partial charge in [-0.1, -0.05) is 72.9 Å². The molecule has 2 amide bonds. The third-order valence-electron chi connectivity index (χ3n) is 8.35. The fourth-order valence-electron chi connectivity index (χ4n) is 5.61. The molecule has 10 nitrogen and oxygen atoms in total. The van der Waals surface area contributed by atoms with Crippen LogP contribution in [0.15, 0.2) is 103 Å². The molecule has 286 valence electrons. The molecule has 4 aromatic carbocycles. The summed E-state index contributed by atoms with van der Waals surface area (Å²) in [6.45, 7) is 8.47. The number of nitrogens with one attached hydrogen (secondary N) is 2. The number of unbranched alkanes of at least 4 members (excludes halogenated alkanes) is 1. The predicted octanol–water partition coefficient (Wildman–Crippen LogP) is 10.4. The molecule has 0 saturated carbocycles. The molecule has 0 aliphatic heterocycles. The number of halogens is 2. The Balaban J connectivity index is 1.36. The highest BCUT2D eigenvalue weighted by Crippen LogP contribution is 2.32. The lowest BCUT2D eigenvalue weighted by atomic mass is 10.0. The number of amides is 2. The highest BCUT2D eigenvalue weighted by atomic mass is 35.5. The first-order chi connectivity index (χ1) is 26.3. The number of benzene rings is 4. The van der Waals surface area contributed by atoms with Crippen molar-refractivity contribution in [2.45, 2.75) is 71.8 Å². The summed E-state index contributed by atoms with van der Waals surface area (Å²) in [4.78, 5) is 41.9. The van der Waals surface area contributed by atoms with Crippen LogP contribution in [0.2, 0.25) is 10.0 Å². The first kappa shape index (κ1) is 40.6. The van der Waals surface area contributed by atoms with Crippen LogP contribution in [-0.2, 0) is 29.1 Å². The van der Waals surface area contributed by atoms with Crippen molar-refractivity contribution in [3.8, 4) is 17.0 Å². The van der Waals surface area contributed by atoms with E-state index in [9.17, 15) is 14.4 Å². The lowest BCUT2D eigenvalue weighted by Crippen LogP contribution is -2.30. The maximum Gasteiger partial charge on any atom is 0.412 e. The Morgan fingerprint density at radius 3 is 2.25 bits per heavy atom. The predicted molar refractivity (Wildman–Crippen MR) is 217 cm³/mol. The second kappa shape index (κ2) is 18.6. The van der Waals surface area contributed by atoms with Gasteiger partial charge >= 0.3 is 12.1 Å². The zero-order chi connectivity index (χ0) is 39.5. The summed E-state index contributed by atoms with van der Waals surface area (Å²) in [7, 11) is 0. The number of aromatic carboxylic acids is 1. The van der Waals surface area contributed by atoms with E-state index in [1.165, 1.54) is 6.08 Å². The van der Waals surface area contributed by atoms with Gasteiger partial charge in [-0.3, -0.25) is 10.1 Å². The molecule has 12 heteroatoms. The second-order valence-corrected chi connectivity index (χ2v) is 14.8. The number of carboxylic acids is 1. The number of imidazole rings is 1. The Bertz CT molecular complexity index is 2120. The molecular formula is C43H44Cl2N4O6. The summed E-state index contributed by atoms with van der Waals surface area (Å²) in [5, 5.41) is 16.0. The standard InChI is InChI=1S/C43H44Cl2N4O6/c1-5-6-23-49-26-38(35-21-16-32(44)25-36(35)45)48-40(49)37(24-29-11-19-34(20-12-29)54-27-30-7-14-31(15-8-30)41(51)52)47-39(50)22-13-28-9-17-33(18-10-28)46-42(53)55-43(2,3)4/h7-22,25-26,37H,5-6,23-24,27H2,1-4H3,(H,46,53)(H,47,50)(H,51,52)/t37-/m0/s1. The van der Waals surface area contributed by atoms with Gasteiger partial charge in [0.15, 0.2) is 0 Å². The van der Waals surface area contributed by atoms with Crippen molar-refractivity contribution in [1.82, 2.24) is 14.9 Å². The lowest BCUT2D eigenvalue weighted by Gasteiger charge is -2.20. The molecule has 0 aliphatic carbocycles. The van der Waals surface area contributed by atoms with Crippen LogP contribution < -0.4 is 15.4 Å². The van der Waals surface area contributed by atoms with E-state index in [1.54, 1.807) is 87.5 Å². The van der Waals surface area contributed by atoms with E-state index in [2.05, 4.69) is 22.1 Å². The number of nitrogens with zero attached hydrogens (tertiary/aromatic N) is 2. The zero-order valence-electron chi connectivity index (χ0n) is 31.1. The molecule has 0 saturated heterocycles. The van der Waals surface area contributed by atoms with Crippen molar-refractivity contribution in [1.29, 1.82) is 0 Å². The number of hydrogen-bond acceptors (Lipinski definition) is 6. The van der Waals surface area contributed by atoms with Gasteiger partial charge in [-0.2, -0.15) is 0 Å². The largest absolute Gasteiger partial charge is 0.489 e. The average molecular weight is 784 g/mol. The van der Waals surface area contributed by atoms with Gasteiger partial charge in [0, 0.05) is 35.1 Å². The van der Waals surface area contributed by atoms with Gasteiger partial charge in [-0.25, -0.2) is 14.6 Å². The van der Waals surface area contributed by atoms with Gasteiger partial charge in [0.1, 0.15) is 23.8 Å². The van der Waals surface area contributed by atoms with E-state index in [1.807, 2.05) is 36.5 Å². The fourth-order valence-corrected chi connectivity index (χ4v) is 6.11. The number of carbonyl (C=O) groups excluding carboxylic acids is 2. The minimum absolute atomic E-state index is 0.215. The molecule has 0 unspecified atom stereocenters. The average Bonchev–Trinajstić information content (AvgIpc) is 3.56. The SMILES string of the molecule is CCCCn1cc(-c2ccc(Cl)cc2Cl)nc1[C@H](Cc1ccc(OCc2ccc(C(=O)O)cc2)cc1)NC(=O)C=Cc1ccc(NC(=O)OC(C)(C)C)cc1. The molecule has 0 fully saturated rings. The zero-order valence-corrected chi connectivity index (χ0v) is 32.7. The summed E-state index contributed by atoms with van der Waals surface area (Å²) in [5.74, 6) is 0.0307. The normalized spacial score (nSPS) is 12.0. The molecule has 1 atom stereocenters. The molecular weight excluding hydrogens is 739 g/mol. The number of rotatable bonds is 15. The molecule has 0 aliphatic rings. The first-order valence-corrected chi connectivity index (χ1v) is 18.7. The van der Waals surface area contributed by atoms with Crippen LogP contribution in [0.5, 0.6) is 5.75 Å². The first-order valence-electron chi connectivity index (χ1n) is 17.9. The number of anilines is 1. The van der Waals surface area contributed by atoms with Crippen molar-refractivity contribution >= 4 is 52.9 Å². The van der Waals surface area contributed by atoms with E-state index in [0.717, 1.165) is 35.1 Å². The summed E-state index contributed by atoms with van der Waals surface area (Å²) >= 11 is 12.8. The van der Waals surface area contributed by atoms with Crippen molar-refractivity contribution in [2.24, 2.45) is 0 Å². The van der Waals surface area contributed by atoms with Gasteiger partial charge < -0.3 is 24.5 Å². The molecule has 5 rings (SSSR count). The number of ether oxygens (including phenoxy) is 2. The molecule has 0 radical (unpaired) electrons. The Hall–Kier alpha value is -5.58. The highest BCUT2D eigenvalue weighted by molar-refractivity contribution is 6.36. The van der Waals surface area contributed by atoms with Gasteiger partial charge in [-0.05, 0) is 111 Å². The minimum atomic E-state index is -0.979. The quantitative estimate of drug-likeness (QED) is 0.0901. The highest BCUT2D eigenvalue weighted by Gasteiger charge is 2.23. The van der Waals surface area contributed by atoms with Crippen LogP contribution in [-0.4, -0.2) is 38.2 Å². The molecule has 1 aromatic heterocycles. The van der Waals surface area contributed by atoms with Crippen LogP contribution >= 0.6 is 23.2 Å². The molecule has 0 spiro atoms. The maximum atomic E-state index is 13.6. The van der Waals surface area contributed by atoms with Crippen LogP contribution in [0.25, 0.3) is 17.3 Å². The monoisotopic (exact) mass is 782 g/mol. The number of aromatic nitrogens is 2.